The maximum absolute atomic E-state index is 5.72. The van der Waals surface area contributed by atoms with Crippen LogP contribution in [0.25, 0.3) is 11.5 Å². The van der Waals surface area contributed by atoms with Crippen molar-refractivity contribution in [1.82, 2.24) is 15.2 Å². The van der Waals surface area contributed by atoms with Gasteiger partial charge in [0.1, 0.15) is 0 Å². The van der Waals surface area contributed by atoms with Crippen LogP contribution in [0.3, 0.4) is 0 Å². The lowest BCUT2D eigenvalue weighted by atomic mass is 10.2. The molecule has 3 rings (SSSR count). The molecular weight excluding hydrogens is 306 g/mol. The number of aryl methyl sites for hydroxylation is 2. The first-order valence-electron chi connectivity index (χ1n) is 7.65. The zero-order valence-corrected chi connectivity index (χ0v) is 14.7. The molecule has 0 bridgehead atoms. The Morgan fingerprint density at radius 1 is 1.09 bits per heavy atom. The van der Waals surface area contributed by atoms with Crippen molar-refractivity contribution < 1.29 is 4.42 Å². The van der Waals surface area contributed by atoms with Crippen molar-refractivity contribution in [1.29, 1.82) is 0 Å². The van der Waals surface area contributed by atoms with Crippen molar-refractivity contribution in [3.63, 3.8) is 0 Å². The second kappa shape index (κ2) is 8.48. The number of hydrogen-bond acceptors (Lipinski definition) is 5. The SMILES string of the molecule is CC.Cc1cccc(CSc2nnc(-c3ccncc3C)o2)c1. The summed E-state index contributed by atoms with van der Waals surface area (Å²) in [7, 11) is 0. The number of benzene rings is 1. The summed E-state index contributed by atoms with van der Waals surface area (Å²) in [5.74, 6) is 1.36. The Morgan fingerprint density at radius 2 is 1.91 bits per heavy atom. The zero-order valence-electron chi connectivity index (χ0n) is 13.9. The quantitative estimate of drug-likeness (QED) is 0.626. The Balaban J connectivity index is 0.000000924. The average Bonchev–Trinajstić information content (AvgIpc) is 3.04. The van der Waals surface area contributed by atoms with E-state index in [1.165, 1.54) is 11.1 Å². The highest BCUT2D eigenvalue weighted by Crippen LogP contribution is 2.27. The van der Waals surface area contributed by atoms with Crippen molar-refractivity contribution in [2.45, 2.75) is 38.7 Å². The van der Waals surface area contributed by atoms with E-state index in [0.29, 0.717) is 11.1 Å². The van der Waals surface area contributed by atoms with Crippen LogP contribution in [0.4, 0.5) is 0 Å². The van der Waals surface area contributed by atoms with Gasteiger partial charge in [0, 0.05) is 23.7 Å². The molecule has 4 nitrogen and oxygen atoms in total. The number of hydrogen-bond donors (Lipinski definition) is 0. The first kappa shape index (κ1) is 17.2. The van der Waals surface area contributed by atoms with Gasteiger partial charge in [0.2, 0.25) is 5.89 Å². The average molecular weight is 327 g/mol. The van der Waals surface area contributed by atoms with Gasteiger partial charge in [-0.25, -0.2) is 0 Å². The molecule has 2 aromatic heterocycles. The monoisotopic (exact) mass is 327 g/mol. The van der Waals surface area contributed by atoms with Gasteiger partial charge in [-0.05, 0) is 31.0 Å². The molecule has 0 aliphatic rings. The Morgan fingerprint density at radius 3 is 2.65 bits per heavy atom. The Bertz CT molecular complexity index is 755. The van der Waals surface area contributed by atoms with Gasteiger partial charge in [0.25, 0.3) is 5.22 Å². The summed E-state index contributed by atoms with van der Waals surface area (Å²) in [5.41, 5.74) is 4.46. The number of nitrogens with zero attached hydrogens (tertiary/aromatic N) is 3. The predicted octanol–water partition coefficient (Wildman–Crippen LogP) is 5.07. The molecule has 0 N–H and O–H groups in total. The maximum Gasteiger partial charge on any atom is 0.277 e. The molecular formula is C18H21N3OS. The van der Waals surface area contributed by atoms with Crippen molar-refractivity contribution >= 4 is 11.8 Å². The lowest BCUT2D eigenvalue weighted by Gasteiger charge is -2.00. The Kier molecular flexibility index (Phi) is 6.35. The number of rotatable bonds is 4. The molecule has 0 spiro atoms. The Hall–Kier alpha value is -2.14. The van der Waals surface area contributed by atoms with E-state index in [0.717, 1.165) is 16.9 Å². The third-order valence-electron chi connectivity index (χ3n) is 3.10. The van der Waals surface area contributed by atoms with Crippen LogP contribution in [0.15, 0.2) is 52.4 Å². The molecule has 0 saturated carbocycles. The molecule has 0 aliphatic heterocycles. The van der Waals surface area contributed by atoms with E-state index in [9.17, 15) is 0 Å². The number of pyridine rings is 1. The van der Waals surface area contributed by atoms with Gasteiger partial charge in [0.05, 0.1) is 0 Å². The van der Waals surface area contributed by atoms with E-state index in [-0.39, 0.29) is 0 Å². The third kappa shape index (κ3) is 4.66. The second-order valence-electron chi connectivity index (χ2n) is 4.84. The second-order valence-corrected chi connectivity index (χ2v) is 5.77. The van der Waals surface area contributed by atoms with E-state index in [2.05, 4.69) is 46.4 Å². The van der Waals surface area contributed by atoms with Crippen LogP contribution in [-0.4, -0.2) is 15.2 Å². The van der Waals surface area contributed by atoms with Crippen molar-refractivity contribution in [3.05, 3.63) is 59.4 Å². The van der Waals surface area contributed by atoms with E-state index in [1.807, 2.05) is 26.8 Å². The van der Waals surface area contributed by atoms with E-state index < -0.39 is 0 Å². The standard InChI is InChI=1S/C16H15N3OS.C2H6/c1-11-4-3-5-13(8-11)10-21-16-19-18-15(20-16)14-6-7-17-9-12(14)2;1-2/h3-9H,10H2,1-2H3;1-2H3. The fourth-order valence-electron chi connectivity index (χ4n) is 2.04. The zero-order chi connectivity index (χ0) is 16.7. The maximum atomic E-state index is 5.72. The molecule has 5 heteroatoms. The normalized spacial score (nSPS) is 10.1. The highest BCUT2D eigenvalue weighted by atomic mass is 32.2. The van der Waals surface area contributed by atoms with Crippen LogP contribution < -0.4 is 0 Å². The first-order valence-corrected chi connectivity index (χ1v) is 8.64. The summed E-state index contributed by atoms with van der Waals surface area (Å²) in [5, 5.41) is 8.79. The fraction of sp³-hybridized carbons (Fsp3) is 0.278. The van der Waals surface area contributed by atoms with E-state index in [1.54, 1.807) is 24.2 Å². The minimum atomic E-state index is 0.543. The van der Waals surface area contributed by atoms with Crippen molar-refractivity contribution in [2.24, 2.45) is 0 Å². The summed E-state index contributed by atoms with van der Waals surface area (Å²) in [4.78, 5) is 4.07. The highest BCUT2D eigenvalue weighted by Gasteiger charge is 2.11. The van der Waals surface area contributed by atoms with Gasteiger partial charge in [-0.2, -0.15) is 0 Å². The van der Waals surface area contributed by atoms with Crippen LogP contribution >= 0.6 is 11.8 Å². The van der Waals surface area contributed by atoms with Crippen LogP contribution in [0.2, 0.25) is 0 Å². The van der Waals surface area contributed by atoms with Crippen LogP contribution in [0.5, 0.6) is 0 Å². The smallest absolute Gasteiger partial charge is 0.277 e. The molecule has 2 heterocycles. The fourth-order valence-corrected chi connectivity index (χ4v) is 2.74. The van der Waals surface area contributed by atoms with Gasteiger partial charge >= 0.3 is 0 Å². The molecule has 0 atom stereocenters. The summed E-state index contributed by atoms with van der Waals surface area (Å²) < 4.78 is 5.72. The van der Waals surface area contributed by atoms with Gasteiger partial charge in [-0.1, -0.05) is 55.4 Å². The largest absolute Gasteiger partial charge is 0.411 e. The van der Waals surface area contributed by atoms with Crippen LogP contribution in [0, 0.1) is 13.8 Å². The summed E-state index contributed by atoms with van der Waals surface area (Å²) in [6.07, 6.45) is 3.52. The van der Waals surface area contributed by atoms with Gasteiger partial charge in [-0.3, -0.25) is 4.98 Å². The number of aromatic nitrogens is 3. The molecule has 120 valence electrons. The summed E-state index contributed by atoms with van der Waals surface area (Å²) >= 11 is 1.55. The minimum Gasteiger partial charge on any atom is -0.411 e. The highest BCUT2D eigenvalue weighted by molar-refractivity contribution is 7.98. The van der Waals surface area contributed by atoms with Gasteiger partial charge in [0.15, 0.2) is 0 Å². The molecule has 0 fully saturated rings. The van der Waals surface area contributed by atoms with Crippen LogP contribution in [-0.2, 0) is 5.75 Å². The molecule has 23 heavy (non-hydrogen) atoms. The lowest BCUT2D eigenvalue weighted by molar-refractivity contribution is 0.465. The number of thioether (sulfide) groups is 1. The topological polar surface area (TPSA) is 51.8 Å². The molecule has 0 unspecified atom stereocenters. The van der Waals surface area contributed by atoms with E-state index in [4.69, 9.17) is 4.42 Å². The predicted molar refractivity (Wildman–Crippen MR) is 94.4 cm³/mol. The molecule has 1 aromatic carbocycles. The molecule has 0 radical (unpaired) electrons. The lowest BCUT2D eigenvalue weighted by Crippen LogP contribution is -1.84. The van der Waals surface area contributed by atoms with Gasteiger partial charge in [-0.15, -0.1) is 10.2 Å². The molecule has 0 saturated heterocycles. The molecule has 0 aliphatic carbocycles. The first-order chi connectivity index (χ1) is 11.2. The van der Waals surface area contributed by atoms with Crippen molar-refractivity contribution in [3.8, 4) is 11.5 Å². The van der Waals surface area contributed by atoms with E-state index >= 15 is 0 Å². The van der Waals surface area contributed by atoms with Crippen LogP contribution in [0.1, 0.15) is 30.5 Å². The Labute approximate surface area is 141 Å². The summed E-state index contributed by atoms with van der Waals surface area (Å²) in [6, 6.07) is 10.3. The van der Waals surface area contributed by atoms with Gasteiger partial charge < -0.3 is 4.42 Å². The molecule has 0 amide bonds. The van der Waals surface area contributed by atoms with Crippen molar-refractivity contribution in [2.75, 3.05) is 0 Å². The third-order valence-corrected chi connectivity index (χ3v) is 3.99. The minimum absolute atomic E-state index is 0.543. The summed E-state index contributed by atoms with van der Waals surface area (Å²) in [6.45, 7) is 8.07. The molecule has 3 aromatic rings.